The van der Waals surface area contributed by atoms with Gasteiger partial charge in [0.25, 0.3) is 11.8 Å². The topological polar surface area (TPSA) is 86.7 Å². The maximum atomic E-state index is 13.3. The highest BCUT2D eigenvalue weighted by Gasteiger charge is 2.22. The van der Waals surface area contributed by atoms with Gasteiger partial charge in [-0.3, -0.25) is 9.59 Å². The summed E-state index contributed by atoms with van der Waals surface area (Å²) < 4.78 is 26.3. The molecule has 2 amide bonds. The number of carboxylic acid groups (broad SMARTS) is 1. The third-order valence-electron chi connectivity index (χ3n) is 5.05. The van der Waals surface area contributed by atoms with E-state index in [9.17, 15) is 23.2 Å². The van der Waals surface area contributed by atoms with Gasteiger partial charge in [0.2, 0.25) is 0 Å². The summed E-state index contributed by atoms with van der Waals surface area (Å²) >= 11 is 0. The number of likely N-dealkylation sites (N-methyl/N-ethyl adjacent to an activating group) is 1. The monoisotopic (exact) mass is 438 g/mol. The van der Waals surface area contributed by atoms with Crippen molar-refractivity contribution in [1.29, 1.82) is 0 Å². The summed E-state index contributed by atoms with van der Waals surface area (Å²) in [6, 6.07) is 15.5. The van der Waals surface area contributed by atoms with Gasteiger partial charge in [-0.2, -0.15) is 0 Å². The van der Waals surface area contributed by atoms with Gasteiger partial charge in [0.1, 0.15) is 6.04 Å². The second-order valence-electron chi connectivity index (χ2n) is 7.17. The molecular formula is C24H20F2N2O4. The number of halogens is 2. The Morgan fingerprint density at radius 3 is 1.91 bits per heavy atom. The van der Waals surface area contributed by atoms with Gasteiger partial charge in [-0.1, -0.05) is 24.3 Å². The largest absolute Gasteiger partial charge is 0.480 e. The minimum absolute atomic E-state index is 0.00424. The van der Waals surface area contributed by atoms with Crippen molar-refractivity contribution in [2.24, 2.45) is 0 Å². The van der Waals surface area contributed by atoms with E-state index in [1.807, 2.05) is 0 Å². The number of carboxylic acids is 1. The van der Waals surface area contributed by atoms with Crippen molar-refractivity contribution >= 4 is 23.5 Å². The number of amides is 2. The Morgan fingerprint density at radius 1 is 0.844 bits per heavy atom. The van der Waals surface area contributed by atoms with Crippen LogP contribution in [0, 0.1) is 11.6 Å². The number of carbonyl (C=O) groups excluding carboxylic acids is 2. The van der Waals surface area contributed by atoms with Gasteiger partial charge in [0, 0.05) is 23.9 Å². The number of nitrogens with zero attached hydrogens (tertiary/aromatic N) is 1. The summed E-state index contributed by atoms with van der Waals surface area (Å²) in [5, 5.41) is 11.7. The molecule has 2 N–H and O–H groups in total. The number of hydrogen-bond donors (Lipinski definition) is 2. The molecule has 0 bridgehead atoms. The molecule has 8 heteroatoms. The highest BCUT2D eigenvalue weighted by atomic mass is 19.2. The van der Waals surface area contributed by atoms with E-state index in [0.29, 0.717) is 11.3 Å². The van der Waals surface area contributed by atoms with Gasteiger partial charge in [-0.05, 0) is 60.5 Å². The molecule has 0 saturated carbocycles. The van der Waals surface area contributed by atoms with E-state index in [0.717, 1.165) is 28.2 Å². The highest BCUT2D eigenvalue weighted by molar-refractivity contribution is 6.04. The quantitative estimate of drug-likeness (QED) is 0.596. The molecule has 3 aromatic carbocycles. The molecule has 0 fully saturated rings. The fraction of sp³-hybridized carbons (Fsp3) is 0.125. The van der Waals surface area contributed by atoms with Crippen LogP contribution in [0.2, 0.25) is 0 Å². The first kappa shape index (κ1) is 22.6. The lowest BCUT2D eigenvalue weighted by atomic mass is 10.0. The fourth-order valence-electron chi connectivity index (χ4n) is 2.94. The lowest BCUT2D eigenvalue weighted by molar-refractivity contribution is -0.141. The first-order valence-corrected chi connectivity index (χ1v) is 9.64. The number of carbonyl (C=O) groups is 3. The zero-order valence-electron chi connectivity index (χ0n) is 17.3. The number of rotatable bonds is 6. The van der Waals surface area contributed by atoms with Crippen molar-refractivity contribution in [3.63, 3.8) is 0 Å². The van der Waals surface area contributed by atoms with Crippen LogP contribution in [-0.2, 0) is 4.79 Å². The van der Waals surface area contributed by atoms with E-state index in [-0.39, 0.29) is 5.56 Å². The summed E-state index contributed by atoms with van der Waals surface area (Å²) in [6.07, 6.45) is 0. The van der Waals surface area contributed by atoms with Gasteiger partial charge in [-0.15, -0.1) is 0 Å². The maximum Gasteiger partial charge on any atom is 0.326 e. The molecule has 32 heavy (non-hydrogen) atoms. The number of aliphatic carboxylic acids is 1. The zero-order valence-corrected chi connectivity index (χ0v) is 17.3. The van der Waals surface area contributed by atoms with E-state index in [2.05, 4.69) is 5.32 Å². The van der Waals surface area contributed by atoms with E-state index in [1.165, 1.54) is 20.0 Å². The molecule has 3 aromatic rings. The Balaban J connectivity index is 1.69. The molecule has 0 aliphatic carbocycles. The van der Waals surface area contributed by atoms with Crippen molar-refractivity contribution in [3.05, 3.63) is 89.5 Å². The van der Waals surface area contributed by atoms with Crippen LogP contribution in [-0.4, -0.2) is 40.9 Å². The molecule has 0 spiro atoms. The molecule has 3 rings (SSSR count). The Bertz CT molecular complexity index is 1160. The predicted molar refractivity (Wildman–Crippen MR) is 115 cm³/mol. The lowest BCUT2D eigenvalue weighted by Crippen LogP contribution is -2.40. The van der Waals surface area contributed by atoms with Gasteiger partial charge in [0.15, 0.2) is 11.6 Å². The van der Waals surface area contributed by atoms with E-state index in [1.54, 1.807) is 48.5 Å². The van der Waals surface area contributed by atoms with Gasteiger partial charge >= 0.3 is 5.97 Å². The van der Waals surface area contributed by atoms with Crippen LogP contribution in [0.1, 0.15) is 27.6 Å². The van der Waals surface area contributed by atoms with E-state index >= 15 is 0 Å². The smallest absolute Gasteiger partial charge is 0.326 e. The van der Waals surface area contributed by atoms with Crippen LogP contribution in [0.5, 0.6) is 0 Å². The Kier molecular flexibility index (Phi) is 6.63. The third-order valence-corrected chi connectivity index (χ3v) is 5.05. The van der Waals surface area contributed by atoms with Crippen molar-refractivity contribution in [1.82, 2.24) is 4.90 Å². The number of hydrogen-bond acceptors (Lipinski definition) is 3. The molecule has 6 nitrogen and oxygen atoms in total. The van der Waals surface area contributed by atoms with Crippen LogP contribution in [0.25, 0.3) is 11.1 Å². The van der Waals surface area contributed by atoms with Crippen molar-refractivity contribution in [2.75, 3.05) is 12.4 Å². The average Bonchev–Trinajstić information content (AvgIpc) is 2.80. The SMILES string of the molecule is C[C@@H](C(=O)O)N(C)C(=O)c1ccc(-c2ccc(NC(=O)c3ccc(F)c(F)c3)cc2)cc1. The second-order valence-corrected chi connectivity index (χ2v) is 7.17. The molecule has 0 unspecified atom stereocenters. The average molecular weight is 438 g/mol. The van der Waals surface area contributed by atoms with Crippen molar-refractivity contribution in [2.45, 2.75) is 13.0 Å². The molecule has 0 aliphatic rings. The van der Waals surface area contributed by atoms with Crippen LogP contribution in [0.4, 0.5) is 14.5 Å². The second kappa shape index (κ2) is 9.38. The fourth-order valence-corrected chi connectivity index (χ4v) is 2.94. The standard InChI is InChI=1S/C24H20F2N2O4/c1-14(24(31)32)28(2)23(30)17-5-3-15(4-6-17)16-7-10-19(11-8-16)27-22(29)18-9-12-20(25)21(26)13-18/h3-14H,1-2H3,(H,27,29)(H,31,32)/t14-/m0/s1. The molecular weight excluding hydrogens is 418 g/mol. The predicted octanol–water partition coefficient (Wildman–Crippen LogP) is 4.43. The van der Waals surface area contributed by atoms with Crippen molar-refractivity contribution in [3.8, 4) is 11.1 Å². The van der Waals surface area contributed by atoms with Gasteiger partial charge in [0.05, 0.1) is 0 Å². The lowest BCUT2D eigenvalue weighted by Gasteiger charge is -2.21. The Labute approximate surface area is 183 Å². The summed E-state index contributed by atoms with van der Waals surface area (Å²) in [4.78, 5) is 36.8. The Hall–Kier alpha value is -4.07. The number of anilines is 1. The van der Waals surface area contributed by atoms with Crippen molar-refractivity contribution < 1.29 is 28.3 Å². The normalized spacial score (nSPS) is 11.5. The zero-order chi connectivity index (χ0) is 23.4. The van der Waals surface area contributed by atoms with Crippen LogP contribution < -0.4 is 5.32 Å². The Morgan fingerprint density at radius 2 is 1.38 bits per heavy atom. The summed E-state index contributed by atoms with van der Waals surface area (Å²) in [5.74, 6) is -4.18. The van der Waals surface area contributed by atoms with Crippen LogP contribution in [0.15, 0.2) is 66.7 Å². The molecule has 0 heterocycles. The van der Waals surface area contributed by atoms with E-state index < -0.39 is 35.5 Å². The first-order valence-electron chi connectivity index (χ1n) is 9.64. The summed E-state index contributed by atoms with van der Waals surface area (Å²) in [5.41, 5.74) is 2.46. The van der Waals surface area contributed by atoms with Crippen LogP contribution >= 0.6 is 0 Å². The summed E-state index contributed by atoms with van der Waals surface area (Å²) in [7, 11) is 1.43. The summed E-state index contributed by atoms with van der Waals surface area (Å²) in [6.45, 7) is 1.43. The number of benzene rings is 3. The molecule has 0 aromatic heterocycles. The van der Waals surface area contributed by atoms with Crippen LogP contribution in [0.3, 0.4) is 0 Å². The minimum atomic E-state index is -1.10. The molecule has 1 atom stereocenters. The first-order chi connectivity index (χ1) is 15.2. The molecule has 0 saturated heterocycles. The third kappa shape index (κ3) is 4.97. The van der Waals surface area contributed by atoms with Gasteiger partial charge < -0.3 is 15.3 Å². The maximum absolute atomic E-state index is 13.3. The number of nitrogens with one attached hydrogen (secondary N) is 1. The minimum Gasteiger partial charge on any atom is -0.480 e. The highest BCUT2D eigenvalue weighted by Crippen LogP contribution is 2.23. The van der Waals surface area contributed by atoms with Gasteiger partial charge in [-0.25, -0.2) is 13.6 Å². The molecule has 0 aliphatic heterocycles. The van der Waals surface area contributed by atoms with E-state index in [4.69, 9.17) is 5.11 Å². The molecule has 0 radical (unpaired) electrons. The molecule has 164 valence electrons.